The van der Waals surface area contributed by atoms with E-state index in [1.165, 1.54) is 30.0 Å². The standard InChI is InChI=1S/C14H9BrClFO2S/c15-9-3-8(4-10(17)5-9)7-20-11-1-2-13(16)12(6-11)14(18)19/h1-6H,7H2,(H,18,19). The van der Waals surface area contributed by atoms with E-state index in [1.807, 2.05) is 6.07 Å². The van der Waals surface area contributed by atoms with Crippen molar-refractivity contribution < 1.29 is 14.3 Å². The Kier molecular flexibility index (Phi) is 5.07. The van der Waals surface area contributed by atoms with Gasteiger partial charge in [-0.3, -0.25) is 0 Å². The zero-order valence-electron chi connectivity index (χ0n) is 10.1. The minimum Gasteiger partial charge on any atom is -0.478 e. The second kappa shape index (κ2) is 6.61. The van der Waals surface area contributed by atoms with E-state index >= 15 is 0 Å². The summed E-state index contributed by atoms with van der Waals surface area (Å²) in [6, 6.07) is 9.47. The smallest absolute Gasteiger partial charge is 0.337 e. The lowest BCUT2D eigenvalue weighted by molar-refractivity contribution is 0.0697. The van der Waals surface area contributed by atoms with Crippen molar-refractivity contribution in [3.63, 3.8) is 0 Å². The number of hydrogen-bond acceptors (Lipinski definition) is 2. The monoisotopic (exact) mass is 374 g/mol. The maximum Gasteiger partial charge on any atom is 0.337 e. The lowest BCUT2D eigenvalue weighted by Crippen LogP contribution is -1.97. The Hall–Kier alpha value is -1.04. The molecule has 20 heavy (non-hydrogen) atoms. The molecule has 0 bridgehead atoms. The molecule has 2 nitrogen and oxygen atoms in total. The Labute approximate surface area is 133 Å². The van der Waals surface area contributed by atoms with Crippen LogP contribution in [0.25, 0.3) is 0 Å². The molecule has 0 aliphatic rings. The Balaban J connectivity index is 2.14. The molecule has 0 unspecified atom stereocenters. The predicted octanol–water partition coefficient (Wildman–Crippen LogP) is 5.23. The molecule has 0 amide bonds. The van der Waals surface area contributed by atoms with E-state index in [1.54, 1.807) is 12.1 Å². The van der Waals surface area contributed by atoms with Crippen LogP contribution in [-0.2, 0) is 5.75 Å². The third-order valence-corrected chi connectivity index (χ3v) is 4.35. The molecule has 0 saturated heterocycles. The minimum absolute atomic E-state index is 0.0667. The van der Waals surface area contributed by atoms with E-state index in [2.05, 4.69) is 15.9 Å². The van der Waals surface area contributed by atoms with Crippen molar-refractivity contribution in [3.8, 4) is 0 Å². The summed E-state index contributed by atoms with van der Waals surface area (Å²) in [6.45, 7) is 0. The van der Waals surface area contributed by atoms with Gasteiger partial charge in [0.05, 0.1) is 10.6 Å². The van der Waals surface area contributed by atoms with Crippen LogP contribution in [-0.4, -0.2) is 11.1 Å². The van der Waals surface area contributed by atoms with Gasteiger partial charge in [0.25, 0.3) is 0 Å². The van der Waals surface area contributed by atoms with Gasteiger partial charge in [0.1, 0.15) is 5.82 Å². The Bertz CT molecular complexity index is 643. The lowest BCUT2D eigenvalue weighted by atomic mass is 10.2. The first-order chi connectivity index (χ1) is 9.45. The summed E-state index contributed by atoms with van der Waals surface area (Å²) in [7, 11) is 0. The van der Waals surface area contributed by atoms with Crippen LogP contribution in [0.15, 0.2) is 45.8 Å². The molecule has 0 atom stereocenters. The van der Waals surface area contributed by atoms with Crippen molar-refractivity contribution in [1.29, 1.82) is 0 Å². The molecule has 2 aromatic carbocycles. The van der Waals surface area contributed by atoms with Crippen molar-refractivity contribution in [2.45, 2.75) is 10.6 Å². The topological polar surface area (TPSA) is 37.3 Å². The predicted molar refractivity (Wildman–Crippen MR) is 82.1 cm³/mol. The Morgan fingerprint density at radius 3 is 2.70 bits per heavy atom. The van der Waals surface area contributed by atoms with Crippen LogP contribution >= 0.6 is 39.3 Å². The van der Waals surface area contributed by atoms with Gasteiger partial charge in [0.15, 0.2) is 0 Å². The summed E-state index contributed by atoms with van der Waals surface area (Å²) >= 11 is 10.5. The molecule has 0 heterocycles. The van der Waals surface area contributed by atoms with Crippen LogP contribution in [0.4, 0.5) is 4.39 Å². The van der Waals surface area contributed by atoms with Gasteiger partial charge in [-0.05, 0) is 42.0 Å². The summed E-state index contributed by atoms with van der Waals surface area (Å²) in [6.07, 6.45) is 0. The molecule has 0 fully saturated rings. The second-order valence-electron chi connectivity index (χ2n) is 4.01. The van der Waals surface area contributed by atoms with Crippen LogP contribution < -0.4 is 0 Å². The highest BCUT2D eigenvalue weighted by molar-refractivity contribution is 9.10. The maximum atomic E-state index is 13.2. The average Bonchev–Trinajstić information content (AvgIpc) is 2.36. The van der Waals surface area contributed by atoms with Crippen molar-refractivity contribution >= 4 is 45.3 Å². The fourth-order valence-corrected chi connectivity index (χ4v) is 3.20. The van der Waals surface area contributed by atoms with Crippen LogP contribution in [0.2, 0.25) is 5.02 Å². The van der Waals surface area contributed by atoms with Gasteiger partial charge in [-0.15, -0.1) is 11.8 Å². The van der Waals surface area contributed by atoms with Crippen LogP contribution in [0.1, 0.15) is 15.9 Å². The van der Waals surface area contributed by atoms with E-state index in [0.29, 0.717) is 10.2 Å². The van der Waals surface area contributed by atoms with Gasteiger partial charge >= 0.3 is 5.97 Å². The molecule has 1 N–H and O–H groups in total. The number of thioether (sulfide) groups is 1. The SMILES string of the molecule is O=C(O)c1cc(SCc2cc(F)cc(Br)c2)ccc1Cl. The molecule has 0 aliphatic carbocycles. The van der Waals surface area contributed by atoms with Gasteiger partial charge in [0, 0.05) is 15.1 Å². The van der Waals surface area contributed by atoms with Crippen molar-refractivity contribution in [2.75, 3.05) is 0 Å². The first kappa shape index (κ1) is 15.4. The van der Waals surface area contributed by atoms with Crippen LogP contribution in [0.3, 0.4) is 0 Å². The largest absolute Gasteiger partial charge is 0.478 e. The molecule has 0 radical (unpaired) electrons. The van der Waals surface area contributed by atoms with Gasteiger partial charge in [-0.1, -0.05) is 27.5 Å². The van der Waals surface area contributed by atoms with Crippen molar-refractivity contribution in [1.82, 2.24) is 0 Å². The number of rotatable bonds is 4. The second-order valence-corrected chi connectivity index (χ2v) is 6.38. The molecule has 0 aromatic heterocycles. The third kappa shape index (κ3) is 3.98. The number of aromatic carboxylic acids is 1. The summed E-state index contributed by atoms with van der Waals surface area (Å²) < 4.78 is 13.9. The van der Waals surface area contributed by atoms with Crippen molar-refractivity contribution in [3.05, 3.63) is 62.8 Å². The van der Waals surface area contributed by atoms with Crippen molar-refractivity contribution in [2.24, 2.45) is 0 Å². The highest BCUT2D eigenvalue weighted by Crippen LogP contribution is 2.28. The zero-order chi connectivity index (χ0) is 14.7. The molecule has 0 saturated carbocycles. The summed E-state index contributed by atoms with van der Waals surface area (Å²) in [5.74, 6) is -0.833. The van der Waals surface area contributed by atoms with E-state index in [0.717, 1.165) is 10.5 Å². The lowest BCUT2D eigenvalue weighted by Gasteiger charge is -2.05. The van der Waals surface area contributed by atoms with Gasteiger partial charge < -0.3 is 5.11 Å². The fraction of sp³-hybridized carbons (Fsp3) is 0.0714. The molecular formula is C14H9BrClFO2S. The molecule has 0 aliphatic heterocycles. The number of carboxylic acids is 1. The Morgan fingerprint density at radius 1 is 1.30 bits per heavy atom. The third-order valence-electron chi connectivity index (χ3n) is 2.50. The summed E-state index contributed by atoms with van der Waals surface area (Å²) in [4.78, 5) is 11.8. The van der Waals surface area contributed by atoms with Crippen LogP contribution in [0, 0.1) is 5.82 Å². The maximum absolute atomic E-state index is 13.2. The number of carbonyl (C=O) groups is 1. The molecule has 0 spiro atoms. The van der Waals surface area contributed by atoms with E-state index in [4.69, 9.17) is 16.7 Å². The normalized spacial score (nSPS) is 10.6. The van der Waals surface area contributed by atoms with E-state index < -0.39 is 5.97 Å². The highest BCUT2D eigenvalue weighted by Gasteiger charge is 2.10. The molecule has 6 heteroatoms. The van der Waals surface area contributed by atoms with Crippen LogP contribution in [0.5, 0.6) is 0 Å². The quantitative estimate of drug-likeness (QED) is 0.743. The number of hydrogen-bond donors (Lipinski definition) is 1. The fourth-order valence-electron chi connectivity index (χ4n) is 1.62. The average molecular weight is 376 g/mol. The zero-order valence-corrected chi connectivity index (χ0v) is 13.2. The molecule has 2 rings (SSSR count). The van der Waals surface area contributed by atoms with E-state index in [-0.39, 0.29) is 16.4 Å². The molecule has 2 aromatic rings. The van der Waals surface area contributed by atoms with Gasteiger partial charge in [-0.25, -0.2) is 9.18 Å². The first-order valence-electron chi connectivity index (χ1n) is 5.56. The van der Waals surface area contributed by atoms with E-state index in [9.17, 15) is 9.18 Å². The number of carboxylic acid groups (broad SMARTS) is 1. The Morgan fingerprint density at radius 2 is 2.05 bits per heavy atom. The summed E-state index contributed by atoms with van der Waals surface area (Å²) in [5.41, 5.74) is 0.880. The molecule has 104 valence electrons. The summed E-state index contributed by atoms with van der Waals surface area (Å²) in [5, 5.41) is 9.20. The minimum atomic E-state index is -1.06. The number of halogens is 3. The van der Waals surface area contributed by atoms with Gasteiger partial charge in [0.2, 0.25) is 0 Å². The first-order valence-corrected chi connectivity index (χ1v) is 7.72. The highest BCUT2D eigenvalue weighted by atomic mass is 79.9. The van der Waals surface area contributed by atoms with Gasteiger partial charge in [-0.2, -0.15) is 0 Å². The number of benzene rings is 2. The molecular weight excluding hydrogens is 367 g/mol.